The summed E-state index contributed by atoms with van der Waals surface area (Å²) in [6.07, 6.45) is 2.18. The first-order chi connectivity index (χ1) is 8.06. The SMILES string of the molecule is CCNC(=O)CC(C(=O)S)N1CCCCC1=O. The molecular weight excluding hydrogens is 240 g/mol. The van der Waals surface area contributed by atoms with E-state index >= 15 is 0 Å². The van der Waals surface area contributed by atoms with Crippen molar-refractivity contribution in [3.8, 4) is 0 Å². The number of amides is 2. The van der Waals surface area contributed by atoms with Gasteiger partial charge in [-0.1, -0.05) is 0 Å². The quantitative estimate of drug-likeness (QED) is 0.699. The van der Waals surface area contributed by atoms with Crippen LogP contribution in [0.3, 0.4) is 0 Å². The number of hydrogen-bond donors (Lipinski definition) is 2. The highest BCUT2D eigenvalue weighted by atomic mass is 32.1. The first kappa shape index (κ1) is 14.0. The maximum absolute atomic E-state index is 11.7. The number of thiol groups is 1. The van der Waals surface area contributed by atoms with Gasteiger partial charge in [-0.3, -0.25) is 14.4 Å². The highest BCUT2D eigenvalue weighted by molar-refractivity contribution is 7.96. The van der Waals surface area contributed by atoms with Gasteiger partial charge in [0.25, 0.3) is 0 Å². The van der Waals surface area contributed by atoms with Crippen LogP contribution in [-0.2, 0) is 14.4 Å². The summed E-state index contributed by atoms with van der Waals surface area (Å²) in [6, 6.07) is -0.724. The van der Waals surface area contributed by atoms with Crippen LogP contribution in [0.2, 0.25) is 0 Å². The maximum Gasteiger partial charge on any atom is 0.223 e. The van der Waals surface area contributed by atoms with Crippen LogP contribution in [0.1, 0.15) is 32.6 Å². The van der Waals surface area contributed by atoms with Gasteiger partial charge in [0.2, 0.25) is 16.9 Å². The van der Waals surface area contributed by atoms with Crippen LogP contribution >= 0.6 is 12.6 Å². The predicted molar refractivity (Wildman–Crippen MR) is 66.6 cm³/mol. The van der Waals surface area contributed by atoms with E-state index in [1.54, 1.807) is 0 Å². The molecule has 5 nitrogen and oxygen atoms in total. The first-order valence-electron chi connectivity index (χ1n) is 5.85. The van der Waals surface area contributed by atoms with Crippen LogP contribution in [0, 0.1) is 0 Å². The van der Waals surface area contributed by atoms with Gasteiger partial charge in [0.1, 0.15) is 6.04 Å². The molecule has 1 N–H and O–H groups in total. The summed E-state index contributed by atoms with van der Waals surface area (Å²) < 4.78 is 0. The molecule has 1 aliphatic rings. The van der Waals surface area contributed by atoms with Gasteiger partial charge in [-0.25, -0.2) is 0 Å². The molecule has 0 aromatic rings. The molecule has 0 aliphatic carbocycles. The molecule has 0 radical (unpaired) electrons. The molecule has 1 saturated heterocycles. The average Bonchev–Trinajstić information content (AvgIpc) is 2.27. The number of hydrogen-bond acceptors (Lipinski definition) is 3. The molecule has 0 aromatic heterocycles. The maximum atomic E-state index is 11.7. The Morgan fingerprint density at radius 3 is 2.71 bits per heavy atom. The molecule has 1 aliphatic heterocycles. The van der Waals surface area contributed by atoms with Crippen molar-refractivity contribution < 1.29 is 14.4 Å². The van der Waals surface area contributed by atoms with Gasteiger partial charge in [0.15, 0.2) is 0 Å². The zero-order valence-electron chi connectivity index (χ0n) is 9.94. The summed E-state index contributed by atoms with van der Waals surface area (Å²) in [5.74, 6) is -0.286. The number of carbonyl (C=O) groups is 3. The largest absolute Gasteiger partial charge is 0.356 e. The highest BCUT2D eigenvalue weighted by Crippen LogP contribution is 2.17. The first-order valence-corrected chi connectivity index (χ1v) is 6.30. The Labute approximate surface area is 106 Å². The van der Waals surface area contributed by atoms with Crippen molar-refractivity contribution in [3.63, 3.8) is 0 Å². The van der Waals surface area contributed by atoms with Crippen LogP contribution in [-0.4, -0.2) is 41.0 Å². The summed E-state index contributed by atoms with van der Waals surface area (Å²) in [7, 11) is 0. The summed E-state index contributed by atoms with van der Waals surface area (Å²) in [5, 5.41) is 2.20. The van der Waals surface area contributed by atoms with Crippen molar-refractivity contribution in [3.05, 3.63) is 0 Å². The topological polar surface area (TPSA) is 66.5 Å². The number of rotatable bonds is 5. The van der Waals surface area contributed by atoms with Crippen molar-refractivity contribution in [2.45, 2.75) is 38.6 Å². The minimum atomic E-state index is -0.724. The summed E-state index contributed by atoms with van der Waals surface area (Å²) in [6.45, 7) is 2.86. The standard InChI is InChI=1S/C11H18N2O3S/c1-2-12-9(14)7-8(11(16)17)13-6-4-3-5-10(13)15/h8H,2-7H2,1H3,(H,12,14)(H,16,17). The van der Waals surface area contributed by atoms with E-state index < -0.39 is 11.2 Å². The Morgan fingerprint density at radius 2 is 2.18 bits per heavy atom. The minimum absolute atomic E-state index is 0.00190. The monoisotopic (exact) mass is 258 g/mol. The molecule has 1 unspecified atom stereocenters. The number of nitrogens with one attached hydrogen (secondary N) is 1. The van der Waals surface area contributed by atoms with E-state index in [9.17, 15) is 14.4 Å². The van der Waals surface area contributed by atoms with E-state index in [1.807, 2.05) is 6.92 Å². The lowest BCUT2D eigenvalue weighted by molar-refractivity contribution is -0.140. The molecule has 1 atom stereocenters. The van der Waals surface area contributed by atoms with E-state index in [0.29, 0.717) is 19.5 Å². The highest BCUT2D eigenvalue weighted by Gasteiger charge is 2.31. The van der Waals surface area contributed by atoms with Gasteiger partial charge in [-0.05, 0) is 19.8 Å². The van der Waals surface area contributed by atoms with Gasteiger partial charge >= 0.3 is 0 Å². The lowest BCUT2D eigenvalue weighted by Gasteiger charge is -2.32. The van der Waals surface area contributed by atoms with E-state index in [4.69, 9.17) is 0 Å². The molecule has 2 amide bonds. The lowest BCUT2D eigenvalue weighted by atomic mass is 10.1. The van der Waals surface area contributed by atoms with Crippen LogP contribution in [0.25, 0.3) is 0 Å². The molecular formula is C11H18N2O3S. The molecule has 96 valence electrons. The number of nitrogens with zero attached hydrogens (tertiary/aromatic N) is 1. The van der Waals surface area contributed by atoms with Gasteiger partial charge in [0.05, 0.1) is 6.42 Å². The third kappa shape index (κ3) is 4.03. The lowest BCUT2D eigenvalue weighted by Crippen LogP contribution is -2.48. The Bertz CT molecular complexity index is 320. The van der Waals surface area contributed by atoms with E-state index in [-0.39, 0.29) is 18.2 Å². The Kier molecular flexibility index (Phi) is 5.47. The molecule has 0 saturated carbocycles. The fraction of sp³-hybridized carbons (Fsp3) is 0.727. The molecule has 17 heavy (non-hydrogen) atoms. The van der Waals surface area contributed by atoms with Gasteiger partial charge in [-0.15, -0.1) is 12.6 Å². The Hall–Kier alpha value is -1.04. The molecule has 6 heteroatoms. The second kappa shape index (κ2) is 6.64. The van der Waals surface area contributed by atoms with Crippen molar-refractivity contribution >= 4 is 29.6 Å². The molecule has 0 bridgehead atoms. The van der Waals surface area contributed by atoms with E-state index in [0.717, 1.165) is 12.8 Å². The Balaban J connectivity index is 2.67. The average molecular weight is 258 g/mol. The predicted octanol–water partition coefficient (Wildman–Crippen LogP) is 0.350. The minimum Gasteiger partial charge on any atom is -0.356 e. The molecule has 1 fully saturated rings. The molecule has 1 rings (SSSR count). The fourth-order valence-electron chi connectivity index (χ4n) is 1.93. The molecule has 0 aromatic carbocycles. The van der Waals surface area contributed by atoms with Crippen molar-refractivity contribution in [1.29, 1.82) is 0 Å². The third-order valence-corrected chi connectivity index (χ3v) is 3.07. The van der Waals surface area contributed by atoms with Gasteiger partial charge in [-0.2, -0.15) is 0 Å². The van der Waals surface area contributed by atoms with E-state index in [1.165, 1.54) is 4.90 Å². The van der Waals surface area contributed by atoms with Crippen molar-refractivity contribution in [2.75, 3.05) is 13.1 Å². The smallest absolute Gasteiger partial charge is 0.223 e. The van der Waals surface area contributed by atoms with Crippen LogP contribution in [0.4, 0.5) is 0 Å². The Morgan fingerprint density at radius 1 is 1.47 bits per heavy atom. The van der Waals surface area contributed by atoms with Crippen molar-refractivity contribution in [2.24, 2.45) is 0 Å². The summed E-state index contributed by atoms with van der Waals surface area (Å²) >= 11 is 3.77. The zero-order valence-corrected chi connectivity index (χ0v) is 10.8. The number of piperidine rings is 1. The third-order valence-electron chi connectivity index (χ3n) is 2.77. The second-order valence-corrected chi connectivity index (χ2v) is 4.50. The van der Waals surface area contributed by atoms with Crippen molar-refractivity contribution in [1.82, 2.24) is 10.2 Å². The van der Waals surface area contributed by atoms with Gasteiger partial charge < -0.3 is 10.2 Å². The number of likely N-dealkylation sites (tertiary alicyclic amines) is 1. The van der Waals surface area contributed by atoms with Gasteiger partial charge in [0, 0.05) is 19.5 Å². The zero-order chi connectivity index (χ0) is 12.8. The normalized spacial score (nSPS) is 17.8. The fourth-order valence-corrected chi connectivity index (χ4v) is 2.16. The molecule has 1 heterocycles. The number of carbonyl (C=O) groups excluding carboxylic acids is 3. The second-order valence-electron chi connectivity index (χ2n) is 4.06. The molecule has 0 spiro atoms. The van der Waals surface area contributed by atoms with E-state index in [2.05, 4.69) is 17.9 Å². The summed E-state index contributed by atoms with van der Waals surface area (Å²) in [4.78, 5) is 36.1. The van der Waals surface area contributed by atoms with Crippen LogP contribution < -0.4 is 5.32 Å². The van der Waals surface area contributed by atoms with Crippen LogP contribution in [0.15, 0.2) is 0 Å². The van der Waals surface area contributed by atoms with Crippen LogP contribution in [0.5, 0.6) is 0 Å². The summed E-state index contributed by atoms with van der Waals surface area (Å²) in [5.41, 5.74) is 0.